The molecular formula is C26H24F3NO3. The third kappa shape index (κ3) is 5.19. The van der Waals surface area contributed by atoms with E-state index in [2.05, 4.69) is 0 Å². The molecule has 7 heteroatoms. The van der Waals surface area contributed by atoms with Gasteiger partial charge < -0.3 is 14.2 Å². The van der Waals surface area contributed by atoms with E-state index in [1.807, 2.05) is 12.1 Å². The molecule has 33 heavy (non-hydrogen) atoms. The number of fused-ring (bicyclic) bond motifs is 1. The number of nitrogens with zero attached hydrogens (tertiary/aromatic N) is 1. The van der Waals surface area contributed by atoms with Crippen LogP contribution in [-0.4, -0.2) is 26.9 Å². The molecule has 0 unspecified atom stereocenters. The van der Waals surface area contributed by atoms with Crippen LogP contribution in [-0.2, 0) is 27.1 Å². The number of hydrogen-bond donors (Lipinski definition) is 0. The molecule has 3 aromatic carbocycles. The fourth-order valence-electron chi connectivity index (χ4n) is 4.04. The molecular weight excluding hydrogens is 431 g/mol. The SMILES string of the molecule is COCCC1COC(c2ccc3c(F)c(CCc4cc(F)c(C#N)c(F)c4)ccc3c2)OC1. The molecule has 0 aliphatic carbocycles. The van der Waals surface area contributed by atoms with E-state index in [0.29, 0.717) is 42.3 Å². The topological polar surface area (TPSA) is 51.5 Å². The van der Waals surface area contributed by atoms with Crippen molar-refractivity contribution < 1.29 is 27.4 Å². The maximum absolute atomic E-state index is 15.1. The van der Waals surface area contributed by atoms with Crippen LogP contribution in [0.15, 0.2) is 42.5 Å². The van der Waals surface area contributed by atoms with Crippen molar-refractivity contribution in [1.29, 1.82) is 5.26 Å². The number of nitriles is 1. The Bertz CT molecular complexity index is 1160. The van der Waals surface area contributed by atoms with Crippen molar-refractivity contribution >= 4 is 10.8 Å². The van der Waals surface area contributed by atoms with Crippen molar-refractivity contribution in [3.8, 4) is 6.07 Å². The van der Waals surface area contributed by atoms with E-state index in [1.54, 1.807) is 25.3 Å². The van der Waals surface area contributed by atoms with E-state index in [1.165, 1.54) is 6.07 Å². The second-order valence-corrected chi connectivity index (χ2v) is 8.21. The van der Waals surface area contributed by atoms with Gasteiger partial charge in [0.2, 0.25) is 0 Å². The third-order valence-electron chi connectivity index (χ3n) is 5.92. The zero-order valence-corrected chi connectivity index (χ0v) is 18.2. The lowest BCUT2D eigenvalue weighted by Crippen LogP contribution is -2.27. The van der Waals surface area contributed by atoms with Gasteiger partial charge in [-0.2, -0.15) is 5.26 Å². The number of halogens is 3. The quantitative estimate of drug-likeness (QED) is 0.465. The van der Waals surface area contributed by atoms with Crippen LogP contribution >= 0.6 is 0 Å². The highest BCUT2D eigenvalue weighted by Crippen LogP contribution is 2.30. The highest BCUT2D eigenvalue weighted by atomic mass is 19.1. The number of aryl methyl sites for hydroxylation is 2. The Morgan fingerprint density at radius 1 is 1.00 bits per heavy atom. The second-order valence-electron chi connectivity index (χ2n) is 8.21. The predicted octanol–water partition coefficient (Wildman–Crippen LogP) is 5.61. The van der Waals surface area contributed by atoms with Gasteiger partial charge in [-0.05, 0) is 54.0 Å². The second kappa shape index (κ2) is 10.3. The van der Waals surface area contributed by atoms with Gasteiger partial charge in [-0.25, -0.2) is 13.2 Å². The first-order valence-corrected chi connectivity index (χ1v) is 10.8. The van der Waals surface area contributed by atoms with E-state index in [-0.39, 0.29) is 18.7 Å². The molecule has 0 saturated carbocycles. The molecule has 1 fully saturated rings. The lowest BCUT2D eigenvalue weighted by Gasteiger charge is -2.29. The number of hydrogen-bond acceptors (Lipinski definition) is 4. The summed E-state index contributed by atoms with van der Waals surface area (Å²) < 4.78 is 59.6. The van der Waals surface area contributed by atoms with Gasteiger partial charge in [-0.15, -0.1) is 0 Å². The lowest BCUT2D eigenvalue weighted by atomic mass is 9.98. The van der Waals surface area contributed by atoms with Gasteiger partial charge in [0.15, 0.2) is 6.29 Å². The maximum Gasteiger partial charge on any atom is 0.183 e. The van der Waals surface area contributed by atoms with Crippen LogP contribution in [0.25, 0.3) is 10.8 Å². The smallest absolute Gasteiger partial charge is 0.183 e. The normalized spacial score (nSPS) is 18.4. The van der Waals surface area contributed by atoms with Gasteiger partial charge in [0.05, 0.1) is 13.2 Å². The first-order chi connectivity index (χ1) is 16.0. The minimum absolute atomic E-state index is 0.244. The third-order valence-corrected chi connectivity index (χ3v) is 5.92. The summed E-state index contributed by atoms with van der Waals surface area (Å²) in [6.45, 7) is 1.82. The lowest BCUT2D eigenvalue weighted by molar-refractivity contribution is -0.207. The summed E-state index contributed by atoms with van der Waals surface area (Å²) in [7, 11) is 1.67. The van der Waals surface area contributed by atoms with Crippen LogP contribution < -0.4 is 0 Å². The van der Waals surface area contributed by atoms with Gasteiger partial charge >= 0.3 is 0 Å². The Balaban J connectivity index is 1.46. The largest absolute Gasteiger partial charge is 0.385 e. The Labute approximate surface area is 190 Å². The molecule has 0 N–H and O–H groups in total. The van der Waals surface area contributed by atoms with Gasteiger partial charge in [-0.3, -0.25) is 0 Å². The highest BCUT2D eigenvalue weighted by Gasteiger charge is 2.24. The van der Waals surface area contributed by atoms with E-state index in [9.17, 15) is 8.78 Å². The van der Waals surface area contributed by atoms with Crippen molar-refractivity contribution in [2.45, 2.75) is 25.6 Å². The maximum atomic E-state index is 15.1. The zero-order valence-electron chi connectivity index (χ0n) is 18.2. The molecule has 0 atom stereocenters. The fourth-order valence-corrected chi connectivity index (χ4v) is 4.04. The molecule has 3 aromatic rings. The van der Waals surface area contributed by atoms with Crippen LogP contribution in [0.2, 0.25) is 0 Å². The molecule has 0 aromatic heterocycles. The first kappa shape index (κ1) is 23.2. The number of benzene rings is 3. The molecule has 1 saturated heterocycles. The number of rotatable bonds is 7. The molecule has 0 spiro atoms. The summed E-state index contributed by atoms with van der Waals surface area (Å²) in [5.41, 5.74) is 1.03. The van der Waals surface area contributed by atoms with Crippen LogP contribution in [0.1, 0.15) is 35.0 Å². The molecule has 0 radical (unpaired) electrons. The first-order valence-electron chi connectivity index (χ1n) is 10.8. The fraction of sp³-hybridized carbons (Fsp3) is 0.346. The summed E-state index contributed by atoms with van der Waals surface area (Å²) >= 11 is 0. The van der Waals surface area contributed by atoms with Crippen LogP contribution in [0.5, 0.6) is 0 Å². The van der Waals surface area contributed by atoms with E-state index in [4.69, 9.17) is 19.5 Å². The average molecular weight is 455 g/mol. The monoisotopic (exact) mass is 455 g/mol. The summed E-state index contributed by atoms with van der Waals surface area (Å²) in [6, 6.07) is 12.6. The van der Waals surface area contributed by atoms with Crippen LogP contribution in [0, 0.1) is 34.7 Å². The molecule has 172 valence electrons. The molecule has 4 rings (SSSR count). The van der Waals surface area contributed by atoms with Gasteiger partial charge in [0, 0.05) is 30.6 Å². The van der Waals surface area contributed by atoms with E-state index in [0.717, 1.165) is 29.5 Å². The molecule has 4 nitrogen and oxygen atoms in total. The van der Waals surface area contributed by atoms with Crippen LogP contribution in [0.3, 0.4) is 0 Å². The van der Waals surface area contributed by atoms with Gasteiger partial charge in [0.25, 0.3) is 0 Å². The molecule has 1 aliphatic heterocycles. The predicted molar refractivity (Wildman–Crippen MR) is 117 cm³/mol. The average Bonchev–Trinajstić information content (AvgIpc) is 2.82. The number of ether oxygens (including phenoxy) is 3. The standard InChI is InChI=1S/C26H24F3NO3/c1-31-9-8-17-14-32-26(33-15-17)20-6-7-21-19(12-20)5-4-18(25(21)29)3-2-16-10-23(27)22(13-30)24(28)11-16/h4-7,10-12,17,26H,2-3,8-9,14-15H2,1H3. The van der Waals surface area contributed by atoms with Crippen molar-refractivity contribution in [3.05, 3.63) is 82.2 Å². The number of methoxy groups -OCH3 is 1. The summed E-state index contributed by atoms with van der Waals surface area (Å²) in [4.78, 5) is 0. The Kier molecular flexibility index (Phi) is 7.29. The van der Waals surface area contributed by atoms with Gasteiger partial charge in [-0.1, -0.05) is 24.3 Å². The van der Waals surface area contributed by atoms with E-state index >= 15 is 4.39 Å². The summed E-state index contributed by atoms with van der Waals surface area (Å²) in [5.74, 6) is -1.88. The molecule has 1 heterocycles. The molecule has 0 amide bonds. The van der Waals surface area contributed by atoms with Crippen LogP contribution in [0.4, 0.5) is 13.2 Å². The highest BCUT2D eigenvalue weighted by molar-refractivity contribution is 5.84. The Morgan fingerprint density at radius 2 is 1.73 bits per heavy atom. The van der Waals surface area contributed by atoms with Crippen molar-refractivity contribution in [2.24, 2.45) is 5.92 Å². The van der Waals surface area contributed by atoms with Gasteiger partial charge in [0.1, 0.15) is 29.1 Å². The molecule has 1 aliphatic rings. The van der Waals surface area contributed by atoms with Crippen molar-refractivity contribution in [1.82, 2.24) is 0 Å². The van der Waals surface area contributed by atoms with Crippen molar-refractivity contribution in [3.63, 3.8) is 0 Å². The van der Waals surface area contributed by atoms with E-state index < -0.39 is 23.5 Å². The summed E-state index contributed by atoms with van der Waals surface area (Å²) in [5, 5.41) is 9.96. The zero-order chi connectivity index (χ0) is 23.4. The minimum Gasteiger partial charge on any atom is -0.385 e. The minimum atomic E-state index is -0.906. The Morgan fingerprint density at radius 3 is 2.39 bits per heavy atom. The van der Waals surface area contributed by atoms with Crippen molar-refractivity contribution in [2.75, 3.05) is 26.9 Å². The Hall–Kier alpha value is -2.92. The molecule has 0 bridgehead atoms. The summed E-state index contributed by atoms with van der Waals surface area (Å²) in [6.07, 6.45) is 0.897.